The van der Waals surface area contributed by atoms with Crippen LogP contribution >= 0.6 is 11.6 Å². The van der Waals surface area contributed by atoms with Gasteiger partial charge in [-0.3, -0.25) is 4.79 Å². The summed E-state index contributed by atoms with van der Waals surface area (Å²) in [4.78, 5) is 21.9. The predicted octanol–water partition coefficient (Wildman–Crippen LogP) is 2.17. The van der Waals surface area contributed by atoms with Crippen molar-refractivity contribution in [3.8, 4) is 5.75 Å². The summed E-state index contributed by atoms with van der Waals surface area (Å²) in [6.07, 6.45) is 2.74. The Hall–Kier alpha value is -2.14. The summed E-state index contributed by atoms with van der Waals surface area (Å²) in [5.74, 6) is 0.490. The lowest BCUT2D eigenvalue weighted by Gasteiger charge is -2.29. The Kier molecular flexibility index (Phi) is 3.05. The van der Waals surface area contributed by atoms with E-state index < -0.39 is 0 Å². The fraction of sp³-hybridized carbons (Fsp3) is 0.154. The van der Waals surface area contributed by atoms with Crippen LogP contribution in [0.4, 0.5) is 5.69 Å². The maximum atomic E-state index is 12.4. The second-order valence-corrected chi connectivity index (χ2v) is 4.38. The van der Waals surface area contributed by atoms with Gasteiger partial charge in [0.2, 0.25) is 0 Å². The Balaban J connectivity index is 1.95. The Morgan fingerprint density at radius 1 is 1.26 bits per heavy atom. The van der Waals surface area contributed by atoms with E-state index in [9.17, 15) is 4.79 Å². The zero-order valence-corrected chi connectivity index (χ0v) is 10.7. The minimum Gasteiger partial charge on any atom is -0.490 e. The number of halogens is 1. The molecule has 0 saturated carbocycles. The van der Waals surface area contributed by atoms with Gasteiger partial charge in [0.15, 0.2) is 0 Å². The molecule has 0 fully saturated rings. The quantitative estimate of drug-likeness (QED) is 0.800. The molecule has 0 bridgehead atoms. The maximum absolute atomic E-state index is 12.4. The molecule has 3 rings (SSSR count). The molecular formula is C13H10ClN3O2. The highest BCUT2D eigenvalue weighted by molar-refractivity contribution is 6.29. The van der Waals surface area contributed by atoms with Crippen LogP contribution in [-0.2, 0) is 0 Å². The molecule has 1 aromatic carbocycles. The summed E-state index contributed by atoms with van der Waals surface area (Å²) >= 11 is 5.66. The van der Waals surface area contributed by atoms with E-state index in [1.807, 2.05) is 24.3 Å². The number of ether oxygens (including phenoxy) is 1. The van der Waals surface area contributed by atoms with Crippen LogP contribution in [0.25, 0.3) is 0 Å². The van der Waals surface area contributed by atoms with Gasteiger partial charge < -0.3 is 9.64 Å². The second-order valence-electron chi connectivity index (χ2n) is 4.00. The van der Waals surface area contributed by atoms with Gasteiger partial charge in [-0.2, -0.15) is 0 Å². The van der Waals surface area contributed by atoms with Crippen LogP contribution in [0.3, 0.4) is 0 Å². The highest BCUT2D eigenvalue weighted by atomic mass is 35.5. The van der Waals surface area contributed by atoms with E-state index in [2.05, 4.69) is 9.97 Å². The molecule has 0 unspecified atom stereocenters. The van der Waals surface area contributed by atoms with Gasteiger partial charge in [0.1, 0.15) is 23.2 Å². The van der Waals surface area contributed by atoms with Crippen molar-refractivity contribution in [2.24, 2.45) is 0 Å². The summed E-state index contributed by atoms with van der Waals surface area (Å²) in [5, 5.41) is 0.263. The highest BCUT2D eigenvalue weighted by Crippen LogP contribution is 2.31. The predicted molar refractivity (Wildman–Crippen MR) is 70.7 cm³/mol. The number of rotatable bonds is 1. The summed E-state index contributed by atoms with van der Waals surface area (Å²) in [7, 11) is 0. The molecule has 6 heteroatoms. The van der Waals surface area contributed by atoms with Gasteiger partial charge in [0, 0.05) is 0 Å². The highest BCUT2D eigenvalue weighted by Gasteiger charge is 2.25. The van der Waals surface area contributed by atoms with E-state index in [4.69, 9.17) is 16.3 Å². The summed E-state index contributed by atoms with van der Waals surface area (Å²) in [6, 6.07) is 7.41. The minimum absolute atomic E-state index is 0.208. The monoisotopic (exact) mass is 275 g/mol. The van der Waals surface area contributed by atoms with E-state index in [1.54, 1.807) is 4.90 Å². The number of amides is 1. The van der Waals surface area contributed by atoms with Gasteiger partial charge >= 0.3 is 0 Å². The van der Waals surface area contributed by atoms with Crippen LogP contribution in [0.15, 0.2) is 36.7 Å². The number of hydrogen-bond acceptors (Lipinski definition) is 4. The molecule has 1 aliphatic heterocycles. The van der Waals surface area contributed by atoms with Gasteiger partial charge in [0.25, 0.3) is 5.91 Å². The van der Waals surface area contributed by atoms with Crippen LogP contribution in [0.2, 0.25) is 5.15 Å². The van der Waals surface area contributed by atoms with Gasteiger partial charge in [-0.05, 0) is 12.1 Å². The van der Waals surface area contributed by atoms with E-state index >= 15 is 0 Å². The third-order valence-corrected chi connectivity index (χ3v) is 3.01. The molecule has 1 aliphatic rings. The second kappa shape index (κ2) is 4.85. The molecule has 0 aliphatic carbocycles. The summed E-state index contributed by atoms with van der Waals surface area (Å²) in [6.45, 7) is 0.948. The molecule has 0 saturated heterocycles. The number of fused-ring (bicyclic) bond motifs is 1. The summed E-state index contributed by atoms with van der Waals surface area (Å²) < 4.78 is 5.51. The average molecular weight is 276 g/mol. The van der Waals surface area contributed by atoms with Crippen LogP contribution < -0.4 is 9.64 Å². The van der Waals surface area contributed by atoms with Gasteiger partial charge in [-0.1, -0.05) is 23.7 Å². The lowest BCUT2D eigenvalue weighted by molar-refractivity contribution is 0.0971. The normalized spacial score (nSPS) is 13.6. The van der Waals surface area contributed by atoms with Crippen molar-refractivity contribution in [3.05, 3.63) is 47.5 Å². The standard InChI is InChI=1S/C13H10ClN3O2/c14-12-8-15-9(7-16-12)13(18)17-5-6-19-11-4-2-1-3-10(11)17/h1-4,7-8H,5-6H2. The first-order valence-corrected chi connectivity index (χ1v) is 6.15. The van der Waals surface area contributed by atoms with Gasteiger partial charge in [0.05, 0.1) is 24.6 Å². The first-order chi connectivity index (χ1) is 9.25. The maximum Gasteiger partial charge on any atom is 0.278 e. The number of benzene rings is 1. The van der Waals surface area contributed by atoms with Crippen molar-refractivity contribution in [3.63, 3.8) is 0 Å². The third kappa shape index (κ3) is 2.24. The Morgan fingerprint density at radius 2 is 2.11 bits per heavy atom. The van der Waals surface area contributed by atoms with Crippen molar-refractivity contribution in [2.75, 3.05) is 18.1 Å². The number of carbonyl (C=O) groups excluding carboxylic acids is 1. The smallest absolute Gasteiger partial charge is 0.278 e. The molecule has 0 spiro atoms. The lowest BCUT2D eigenvalue weighted by atomic mass is 10.2. The van der Waals surface area contributed by atoms with Crippen molar-refractivity contribution >= 4 is 23.2 Å². The van der Waals surface area contributed by atoms with E-state index in [0.29, 0.717) is 18.9 Å². The number of anilines is 1. The number of hydrogen-bond donors (Lipinski definition) is 0. The Bertz CT molecular complexity index is 616. The van der Waals surface area contributed by atoms with Crippen molar-refractivity contribution in [2.45, 2.75) is 0 Å². The number of aromatic nitrogens is 2. The molecule has 0 radical (unpaired) electrons. The molecule has 2 aromatic rings. The van der Waals surface area contributed by atoms with Crippen molar-refractivity contribution in [1.82, 2.24) is 9.97 Å². The van der Waals surface area contributed by atoms with E-state index in [0.717, 1.165) is 5.69 Å². The minimum atomic E-state index is -0.208. The summed E-state index contributed by atoms with van der Waals surface area (Å²) in [5.41, 5.74) is 1.01. The molecule has 1 aromatic heterocycles. The SMILES string of the molecule is O=C(c1cnc(Cl)cn1)N1CCOc2ccccc21. The van der Waals surface area contributed by atoms with Crippen LogP contribution in [0.5, 0.6) is 5.75 Å². The topological polar surface area (TPSA) is 55.3 Å². The fourth-order valence-corrected chi connectivity index (χ4v) is 2.04. The molecule has 0 N–H and O–H groups in total. The van der Waals surface area contributed by atoms with Gasteiger partial charge in [-0.15, -0.1) is 0 Å². The Morgan fingerprint density at radius 3 is 2.89 bits per heavy atom. The van der Waals surface area contributed by atoms with Crippen LogP contribution in [0, 0.1) is 0 Å². The average Bonchev–Trinajstić information content (AvgIpc) is 2.47. The van der Waals surface area contributed by atoms with E-state index in [1.165, 1.54) is 12.4 Å². The zero-order valence-electron chi connectivity index (χ0n) is 9.91. The first kappa shape index (κ1) is 11.9. The van der Waals surface area contributed by atoms with Crippen molar-refractivity contribution < 1.29 is 9.53 Å². The Labute approximate surface area is 114 Å². The molecule has 5 nitrogen and oxygen atoms in total. The molecular weight excluding hydrogens is 266 g/mol. The number of carbonyl (C=O) groups is 1. The fourth-order valence-electron chi connectivity index (χ4n) is 1.94. The first-order valence-electron chi connectivity index (χ1n) is 5.77. The molecule has 2 heterocycles. The molecule has 96 valence electrons. The van der Waals surface area contributed by atoms with Gasteiger partial charge in [-0.25, -0.2) is 9.97 Å². The third-order valence-electron chi connectivity index (χ3n) is 2.81. The molecule has 19 heavy (non-hydrogen) atoms. The van der Waals surface area contributed by atoms with Crippen LogP contribution in [0.1, 0.15) is 10.5 Å². The van der Waals surface area contributed by atoms with Crippen molar-refractivity contribution in [1.29, 1.82) is 0 Å². The number of nitrogens with zero attached hydrogens (tertiary/aromatic N) is 3. The van der Waals surface area contributed by atoms with Crippen LogP contribution in [-0.4, -0.2) is 29.0 Å². The largest absolute Gasteiger partial charge is 0.490 e. The molecule has 1 amide bonds. The molecule has 0 atom stereocenters. The number of para-hydroxylation sites is 2. The lowest BCUT2D eigenvalue weighted by Crippen LogP contribution is -2.38. The zero-order chi connectivity index (χ0) is 13.2. The van der Waals surface area contributed by atoms with E-state index in [-0.39, 0.29) is 16.8 Å².